The predicted octanol–water partition coefficient (Wildman–Crippen LogP) is 1.71. The maximum Gasteiger partial charge on any atom is 0.238 e. The van der Waals surface area contributed by atoms with Gasteiger partial charge in [0.05, 0.1) is 12.8 Å². The summed E-state index contributed by atoms with van der Waals surface area (Å²) in [4.78, 5) is 7.02. The number of methoxy groups -OCH3 is 1. The lowest BCUT2D eigenvalue weighted by molar-refractivity contribution is 0.188. The molecule has 3 rings (SSSR count). The smallest absolute Gasteiger partial charge is 0.238 e. The van der Waals surface area contributed by atoms with Gasteiger partial charge in [-0.1, -0.05) is 0 Å². The van der Waals surface area contributed by atoms with Crippen molar-refractivity contribution >= 4 is 11.5 Å². The largest absolute Gasteiger partial charge is 0.479 e. The first kappa shape index (κ1) is 12.5. The topological polar surface area (TPSA) is 63.4 Å². The Morgan fingerprint density at radius 3 is 3.11 bits per heavy atom. The van der Waals surface area contributed by atoms with E-state index in [-0.39, 0.29) is 0 Å². The van der Waals surface area contributed by atoms with Crippen LogP contribution >= 0.6 is 0 Å². The molecule has 1 aromatic rings. The molecule has 2 atom stereocenters. The molecule has 104 valence electrons. The molecular weight excluding hydrogens is 240 g/mol. The molecule has 5 heteroatoms. The summed E-state index contributed by atoms with van der Waals surface area (Å²) >= 11 is 0. The van der Waals surface area contributed by atoms with Crippen LogP contribution in [0.2, 0.25) is 0 Å². The van der Waals surface area contributed by atoms with Gasteiger partial charge in [-0.3, -0.25) is 0 Å². The number of nitrogens with two attached hydrogens (primary N) is 1. The van der Waals surface area contributed by atoms with Crippen molar-refractivity contribution in [1.82, 2.24) is 9.88 Å². The van der Waals surface area contributed by atoms with E-state index in [1.54, 1.807) is 7.11 Å². The van der Waals surface area contributed by atoms with Crippen molar-refractivity contribution in [2.75, 3.05) is 31.2 Å². The number of nitrogen functional groups attached to an aromatic ring is 1. The van der Waals surface area contributed by atoms with Crippen molar-refractivity contribution in [3.63, 3.8) is 0 Å². The summed E-state index contributed by atoms with van der Waals surface area (Å²) in [7, 11) is 1.60. The molecule has 19 heavy (non-hydrogen) atoms. The Labute approximate surface area is 114 Å². The van der Waals surface area contributed by atoms with Crippen molar-refractivity contribution in [3.05, 3.63) is 12.1 Å². The number of pyridine rings is 1. The molecule has 0 bridgehead atoms. The van der Waals surface area contributed by atoms with Gasteiger partial charge in [0.15, 0.2) is 0 Å². The summed E-state index contributed by atoms with van der Waals surface area (Å²) in [6.45, 7) is 2.49. The molecule has 2 fully saturated rings. The minimum atomic E-state index is 0.503. The summed E-state index contributed by atoms with van der Waals surface area (Å²) in [6.07, 6.45) is 5.10. The number of aromatic nitrogens is 1. The van der Waals surface area contributed by atoms with Crippen molar-refractivity contribution in [2.24, 2.45) is 0 Å². The lowest BCUT2D eigenvalue weighted by atomic mass is 9.97. The monoisotopic (exact) mass is 262 g/mol. The van der Waals surface area contributed by atoms with E-state index in [1.807, 2.05) is 12.1 Å². The zero-order valence-corrected chi connectivity index (χ0v) is 11.4. The summed E-state index contributed by atoms with van der Waals surface area (Å²) in [6, 6.07) is 5.06. The first-order valence-corrected chi connectivity index (χ1v) is 7.07. The molecule has 2 unspecified atom stereocenters. The average Bonchev–Trinajstić information content (AvgIpc) is 2.88. The first-order chi connectivity index (χ1) is 9.26. The lowest BCUT2D eigenvalue weighted by Gasteiger charge is -2.35. The minimum absolute atomic E-state index is 0.503. The van der Waals surface area contributed by atoms with Crippen LogP contribution in [0.1, 0.15) is 25.7 Å². The molecule has 5 nitrogen and oxygen atoms in total. The van der Waals surface area contributed by atoms with E-state index in [0.717, 1.165) is 11.9 Å². The number of nitrogens with zero attached hydrogens (tertiary/aromatic N) is 2. The van der Waals surface area contributed by atoms with Crippen LogP contribution in [0.3, 0.4) is 0 Å². The van der Waals surface area contributed by atoms with Crippen LogP contribution in [0, 0.1) is 0 Å². The van der Waals surface area contributed by atoms with Crippen LogP contribution in [0.4, 0.5) is 11.5 Å². The van der Waals surface area contributed by atoms with Crippen LogP contribution < -0.4 is 15.8 Å². The average molecular weight is 262 g/mol. The second-order valence-electron chi connectivity index (χ2n) is 5.49. The molecular formula is C14H22N4O. The standard InChI is InChI=1S/C14H22N4O/c1-19-14-12(15)4-5-13(17-14)16-10-6-8-18-7-2-3-11(18)9-10/h4-5,10-11H,2-3,6-9,15H2,1H3,(H,16,17). The fourth-order valence-corrected chi connectivity index (χ4v) is 3.26. The zero-order valence-electron chi connectivity index (χ0n) is 11.4. The minimum Gasteiger partial charge on any atom is -0.479 e. The second kappa shape index (κ2) is 5.25. The van der Waals surface area contributed by atoms with Crippen LogP contribution in [-0.4, -0.2) is 42.2 Å². The van der Waals surface area contributed by atoms with Crippen molar-refractivity contribution < 1.29 is 4.74 Å². The number of hydrogen-bond donors (Lipinski definition) is 2. The van der Waals surface area contributed by atoms with E-state index in [1.165, 1.54) is 38.8 Å². The molecule has 2 aliphatic heterocycles. The van der Waals surface area contributed by atoms with Gasteiger partial charge in [-0.2, -0.15) is 4.98 Å². The van der Waals surface area contributed by atoms with Gasteiger partial charge < -0.3 is 20.7 Å². The Morgan fingerprint density at radius 2 is 2.26 bits per heavy atom. The van der Waals surface area contributed by atoms with Gasteiger partial charge in [0.1, 0.15) is 5.82 Å². The van der Waals surface area contributed by atoms with Crippen LogP contribution in [0.5, 0.6) is 5.88 Å². The lowest BCUT2D eigenvalue weighted by Crippen LogP contribution is -2.42. The van der Waals surface area contributed by atoms with Gasteiger partial charge in [-0.15, -0.1) is 0 Å². The van der Waals surface area contributed by atoms with Crippen molar-refractivity contribution in [2.45, 2.75) is 37.8 Å². The second-order valence-corrected chi connectivity index (χ2v) is 5.49. The number of anilines is 2. The molecule has 0 aromatic carbocycles. The predicted molar refractivity (Wildman–Crippen MR) is 76.4 cm³/mol. The van der Waals surface area contributed by atoms with Crippen LogP contribution in [-0.2, 0) is 0 Å². The highest BCUT2D eigenvalue weighted by Gasteiger charge is 2.31. The van der Waals surface area contributed by atoms with Gasteiger partial charge in [-0.05, 0) is 44.4 Å². The third-order valence-electron chi connectivity index (χ3n) is 4.26. The number of nitrogens with one attached hydrogen (secondary N) is 1. The highest BCUT2D eigenvalue weighted by molar-refractivity contribution is 5.53. The van der Waals surface area contributed by atoms with E-state index >= 15 is 0 Å². The molecule has 0 aliphatic carbocycles. The fourth-order valence-electron chi connectivity index (χ4n) is 3.26. The molecule has 2 saturated heterocycles. The molecule has 2 aliphatic rings. The summed E-state index contributed by atoms with van der Waals surface area (Å²) in [5, 5.41) is 3.52. The SMILES string of the molecule is COc1nc(NC2CCN3CCCC3C2)ccc1N. The van der Waals surface area contributed by atoms with Gasteiger partial charge in [0.2, 0.25) is 5.88 Å². The van der Waals surface area contributed by atoms with Crippen molar-refractivity contribution in [1.29, 1.82) is 0 Å². The third kappa shape index (κ3) is 2.61. The summed E-state index contributed by atoms with van der Waals surface area (Å²) in [5.41, 5.74) is 6.36. The maximum absolute atomic E-state index is 5.78. The normalized spacial score (nSPS) is 27.0. The molecule has 0 amide bonds. The highest BCUT2D eigenvalue weighted by atomic mass is 16.5. The molecule has 1 aromatic heterocycles. The number of rotatable bonds is 3. The molecule has 0 radical (unpaired) electrons. The Hall–Kier alpha value is -1.49. The Balaban J connectivity index is 1.65. The number of piperidine rings is 1. The molecule has 3 heterocycles. The fraction of sp³-hybridized carbons (Fsp3) is 0.643. The van der Waals surface area contributed by atoms with E-state index in [2.05, 4.69) is 15.2 Å². The number of ether oxygens (including phenoxy) is 1. The van der Waals surface area contributed by atoms with Gasteiger partial charge in [0, 0.05) is 18.6 Å². The van der Waals surface area contributed by atoms with Crippen molar-refractivity contribution in [3.8, 4) is 5.88 Å². The molecule has 0 spiro atoms. The van der Waals surface area contributed by atoms with Gasteiger partial charge in [-0.25, -0.2) is 0 Å². The maximum atomic E-state index is 5.78. The van der Waals surface area contributed by atoms with Gasteiger partial charge >= 0.3 is 0 Å². The zero-order chi connectivity index (χ0) is 13.2. The quantitative estimate of drug-likeness (QED) is 0.868. The van der Waals surface area contributed by atoms with Gasteiger partial charge in [0.25, 0.3) is 0 Å². The van der Waals surface area contributed by atoms with E-state index in [4.69, 9.17) is 10.5 Å². The number of fused-ring (bicyclic) bond motifs is 1. The Morgan fingerprint density at radius 1 is 1.37 bits per heavy atom. The Bertz CT molecular complexity index is 451. The first-order valence-electron chi connectivity index (χ1n) is 7.07. The van der Waals surface area contributed by atoms with Crippen LogP contribution in [0.25, 0.3) is 0 Å². The van der Waals surface area contributed by atoms with E-state index < -0.39 is 0 Å². The summed E-state index contributed by atoms with van der Waals surface area (Å²) in [5.74, 6) is 1.37. The number of hydrogen-bond acceptors (Lipinski definition) is 5. The van der Waals surface area contributed by atoms with Crippen LogP contribution in [0.15, 0.2) is 12.1 Å². The molecule has 3 N–H and O–H groups in total. The highest BCUT2D eigenvalue weighted by Crippen LogP contribution is 2.29. The summed E-state index contributed by atoms with van der Waals surface area (Å²) < 4.78 is 5.16. The Kier molecular flexibility index (Phi) is 3.46. The van der Waals surface area contributed by atoms with E-state index in [9.17, 15) is 0 Å². The molecule has 0 saturated carbocycles. The van der Waals surface area contributed by atoms with E-state index in [0.29, 0.717) is 17.6 Å². The third-order valence-corrected chi connectivity index (χ3v) is 4.26.